The number of nitrogens with two attached hydrogens (primary N) is 1. The summed E-state index contributed by atoms with van der Waals surface area (Å²) in [6, 6.07) is 0. The molecule has 1 aliphatic rings. The molecular formula is C16H25FN5O3Si. The summed E-state index contributed by atoms with van der Waals surface area (Å²) in [4.78, 5) is 12.4. The van der Waals surface area contributed by atoms with Gasteiger partial charge in [-0.15, -0.1) is 0 Å². The lowest BCUT2D eigenvalue weighted by molar-refractivity contribution is -0.114. The maximum absolute atomic E-state index is 15.9. The second kappa shape index (κ2) is 6.52. The summed E-state index contributed by atoms with van der Waals surface area (Å²) in [5.41, 5.74) is 6.08. The summed E-state index contributed by atoms with van der Waals surface area (Å²) in [6.07, 6.45) is -0.405. The van der Waals surface area contributed by atoms with Gasteiger partial charge >= 0.3 is 0 Å². The average molecular weight is 382 g/mol. The number of alkyl halides is 1. The third kappa shape index (κ3) is 2.90. The molecule has 1 radical (unpaired) electrons. The molecule has 1 aliphatic heterocycles. The van der Waals surface area contributed by atoms with Gasteiger partial charge in [-0.3, -0.25) is 4.57 Å². The Hall–Kier alpha value is -1.62. The van der Waals surface area contributed by atoms with Crippen LogP contribution in [0.15, 0.2) is 12.7 Å². The van der Waals surface area contributed by atoms with E-state index < -0.39 is 38.1 Å². The molecule has 1 saturated heterocycles. The molecule has 0 bridgehead atoms. The molecule has 2 aromatic rings. The van der Waals surface area contributed by atoms with Gasteiger partial charge in [0.2, 0.25) is 0 Å². The summed E-state index contributed by atoms with van der Waals surface area (Å²) < 4.78 is 29.5. The van der Waals surface area contributed by atoms with Gasteiger partial charge in [0.1, 0.15) is 32.8 Å². The van der Waals surface area contributed by atoms with Crippen molar-refractivity contribution in [3.05, 3.63) is 12.7 Å². The van der Waals surface area contributed by atoms with E-state index in [0.717, 1.165) is 0 Å². The maximum atomic E-state index is 15.9. The summed E-state index contributed by atoms with van der Waals surface area (Å²) in [7, 11) is -1.44. The quantitative estimate of drug-likeness (QED) is 0.767. The number of imidazole rings is 1. The summed E-state index contributed by atoms with van der Waals surface area (Å²) in [5, 5.41) is 8.46. The molecule has 2 aromatic heterocycles. The van der Waals surface area contributed by atoms with Crippen LogP contribution in [0.2, 0.25) is 13.1 Å². The van der Waals surface area contributed by atoms with Crippen LogP contribution in [-0.2, 0) is 14.8 Å². The van der Waals surface area contributed by atoms with Crippen LogP contribution in [0.4, 0.5) is 10.2 Å². The Labute approximate surface area is 153 Å². The number of aliphatic hydroxyl groups is 1. The standard InChI is InChI=1S/C16H25FN5O3Si/c1-15(2,3)25-11-9(6-23)24-16(12(11)17,26(4)5)22-8-21-10-13(18)19-7-20-14(10)22/h7-9,11-12,23H,6H2,1-5H3,(H2,18,19,20)/t9-,11-,12-,16+/m1/s1. The van der Waals surface area contributed by atoms with Crippen molar-refractivity contribution in [2.45, 2.75) is 63.2 Å². The molecule has 26 heavy (non-hydrogen) atoms. The van der Waals surface area contributed by atoms with Crippen LogP contribution < -0.4 is 5.73 Å². The van der Waals surface area contributed by atoms with Gasteiger partial charge < -0.3 is 20.3 Å². The Morgan fingerprint density at radius 2 is 2.08 bits per heavy atom. The Bertz CT molecular complexity index is 796. The van der Waals surface area contributed by atoms with E-state index >= 15 is 4.39 Å². The predicted octanol–water partition coefficient (Wildman–Crippen LogP) is 1.27. The monoisotopic (exact) mass is 382 g/mol. The molecule has 0 spiro atoms. The highest BCUT2D eigenvalue weighted by Crippen LogP contribution is 2.43. The minimum Gasteiger partial charge on any atom is -0.394 e. The first-order chi connectivity index (χ1) is 12.1. The van der Waals surface area contributed by atoms with Crippen LogP contribution in [-0.4, -0.2) is 64.0 Å². The van der Waals surface area contributed by atoms with Crippen LogP contribution in [0.1, 0.15) is 20.8 Å². The van der Waals surface area contributed by atoms with Crippen molar-refractivity contribution < 1.29 is 19.0 Å². The first-order valence-corrected chi connectivity index (χ1v) is 11.0. The van der Waals surface area contributed by atoms with Crippen molar-refractivity contribution in [3.8, 4) is 0 Å². The van der Waals surface area contributed by atoms with Gasteiger partial charge in [0.15, 0.2) is 23.0 Å². The molecule has 4 atom stereocenters. The number of hydrogen-bond acceptors (Lipinski definition) is 7. The van der Waals surface area contributed by atoms with Crippen molar-refractivity contribution in [2.75, 3.05) is 12.3 Å². The number of aromatic nitrogens is 4. The van der Waals surface area contributed by atoms with Crippen LogP contribution in [0.3, 0.4) is 0 Å². The fourth-order valence-electron chi connectivity index (χ4n) is 3.38. The number of halogens is 1. The molecule has 1 fully saturated rings. The molecule has 3 heterocycles. The van der Waals surface area contributed by atoms with E-state index in [2.05, 4.69) is 15.0 Å². The van der Waals surface area contributed by atoms with Crippen molar-refractivity contribution in [2.24, 2.45) is 0 Å². The van der Waals surface area contributed by atoms with E-state index in [0.29, 0.717) is 11.2 Å². The van der Waals surface area contributed by atoms with Gasteiger partial charge in [0, 0.05) is 0 Å². The van der Waals surface area contributed by atoms with Gasteiger partial charge in [0.05, 0.1) is 18.5 Å². The van der Waals surface area contributed by atoms with E-state index in [1.165, 1.54) is 12.7 Å². The lowest BCUT2D eigenvalue weighted by Gasteiger charge is -2.36. The molecule has 0 unspecified atom stereocenters. The number of anilines is 1. The van der Waals surface area contributed by atoms with E-state index in [1.807, 2.05) is 33.9 Å². The van der Waals surface area contributed by atoms with Gasteiger partial charge in [-0.1, -0.05) is 13.1 Å². The Morgan fingerprint density at radius 1 is 1.38 bits per heavy atom. The topological polar surface area (TPSA) is 108 Å². The number of ether oxygens (including phenoxy) is 2. The highest BCUT2D eigenvalue weighted by atomic mass is 28.3. The Kier molecular flexibility index (Phi) is 4.80. The SMILES string of the molecule is C[Si](C)[C@@]1(n2cnc3c(N)ncnc32)O[C@H](CO)[C@@H](OC(C)(C)C)[C@H]1F. The molecule has 0 aliphatic carbocycles. The smallest absolute Gasteiger partial charge is 0.173 e. The average Bonchev–Trinajstić information content (AvgIpc) is 3.08. The normalized spacial score (nSPS) is 29.8. The van der Waals surface area contributed by atoms with Crippen molar-refractivity contribution >= 4 is 25.8 Å². The molecule has 3 rings (SSSR count). The lowest BCUT2D eigenvalue weighted by Crippen LogP contribution is -2.53. The highest BCUT2D eigenvalue weighted by Gasteiger charge is 2.60. The fourth-order valence-corrected chi connectivity index (χ4v) is 5.13. The third-order valence-corrected chi connectivity index (χ3v) is 6.53. The van der Waals surface area contributed by atoms with Crippen molar-refractivity contribution in [1.29, 1.82) is 0 Å². The zero-order valence-corrected chi connectivity index (χ0v) is 16.6. The lowest BCUT2D eigenvalue weighted by atomic mass is 10.1. The van der Waals surface area contributed by atoms with E-state index in [1.54, 1.807) is 4.57 Å². The minimum atomic E-state index is -1.50. The van der Waals surface area contributed by atoms with Crippen LogP contribution in [0.5, 0.6) is 0 Å². The van der Waals surface area contributed by atoms with Crippen molar-refractivity contribution in [3.63, 3.8) is 0 Å². The van der Waals surface area contributed by atoms with Crippen molar-refractivity contribution in [1.82, 2.24) is 19.5 Å². The molecule has 0 saturated carbocycles. The Balaban J connectivity index is 2.15. The number of nitrogen functional groups attached to an aromatic ring is 1. The van der Waals surface area contributed by atoms with E-state index in [4.69, 9.17) is 15.2 Å². The van der Waals surface area contributed by atoms with Crippen LogP contribution in [0, 0.1) is 0 Å². The fraction of sp³-hybridized carbons (Fsp3) is 0.688. The predicted molar refractivity (Wildman–Crippen MR) is 96.7 cm³/mol. The zero-order chi connectivity index (χ0) is 19.3. The maximum Gasteiger partial charge on any atom is 0.173 e. The molecule has 0 aromatic carbocycles. The zero-order valence-electron chi connectivity index (χ0n) is 15.6. The third-order valence-electron chi connectivity index (χ3n) is 4.47. The number of nitrogens with zero attached hydrogens (tertiary/aromatic N) is 4. The molecule has 0 amide bonds. The number of fused-ring (bicyclic) bond motifs is 1. The second-order valence-electron chi connectivity index (χ2n) is 7.68. The largest absolute Gasteiger partial charge is 0.394 e. The molecular weight excluding hydrogens is 357 g/mol. The first-order valence-electron chi connectivity index (χ1n) is 8.47. The van der Waals surface area contributed by atoms with Gasteiger partial charge in [-0.05, 0) is 20.8 Å². The Morgan fingerprint density at radius 3 is 2.65 bits per heavy atom. The minimum absolute atomic E-state index is 0.222. The molecule has 3 N–H and O–H groups in total. The van der Waals surface area contributed by atoms with Gasteiger partial charge in [-0.25, -0.2) is 19.3 Å². The van der Waals surface area contributed by atoms with Gasteiger partial charge in [-0.2, -0.15) is 0 Å². The van der Waals surface area contributed by atoms with Gasteiger partial charge in [0.25, 0.3) is 0 Å². The second-order valence-corrected chi connectivity index (χ2v) is 10.4. The van der Waals surface area contributed by atoms with Crippen LogP contribution in [0.25, 0.3) is 11.2 Å². The molecule has 8 nitrogen and oxygen atoms in total. The summed E-state index contributed by atoms with van der Waals surface area (Å²) in [6.45, 7) is 9.08. The van der Waals surface area contributed by atoms with E-state index in [-0.39, 0.29) is 12.4 Å². The number of hydrogen-bond donors (Lipinski definition) is 2. The van der Waals surface area contributed by atoms with E-state index in [9.17, 15) is 5.11 Å². The summed E-state index contributed by atoms with van der Waals surface area (Å²) in [5.74, 6) is 0.222. The number of rotatable bonds is 4. The van der Waals surface area contributed by atoms with Crippen LogP contribution >= 0.6 is 0 Å². The molecule has 143 valence electrons. The summed E-state index contributed by atoms with van der Waals surface area (Å²) >= 11 is 0. The number of aliphatic hydroxyl groups excluding tert-OH is 1. The highest BCUT2D eigenvalue weighted by molar-refractivity contribution is 6.58. The first kappa shape index (κ1) is 19.1. The molecule has 10 heteroatoms.